The summed E-state index contributed by atoms with van der Waals surface area (Å²) in [5, 5.41) is -0.594. The molecule has 0 aliphatic carbocycles. The van der Waals surface area contributed by atoms with E-state index in [9.17, 15) is 13.2 Å². The van der Waals surface area contributed by atoms with Crippen LogP contribution in [-0.2, 0) is 26.1 Å². The normalized spacial score (nSPS) is 27.3. The van der Waals surface area contributed by atoms with Crippen molar-refractivity contribution in [3.63, 3.8) is 0 Å². The van der Waals surface area contributed by atoms with E-state index in [1.807, 2.05) is 44.2 Å². The lowest BCUT2D eigenvalue weighted by molar-refractivity contribution is -0.0176. The van der Waals surface area contributed by atoms with Gasteiger partial charge < -0.3 is 14.4 Å². The molecule has 3 atom stereocenters. The van der Waals surface area contributed by atoms with Crippen LogP contribution in [0.15, 0.2) is 30.3 Å². The molecular weight excluding hydrogens is 368 g/mol. The smallest absolute Gasteiger partial charge is 0.410 e. The topological polar surface area (TPSA) is 76.2 Å². The number of likely N-dealkylation sites (tertiary alicyclic amines) is 1. The highest BCUT2D eigenvalue weighted by molar-refractivity contribution is 7.89. The first-order valence-electron chi connectivity index (χ1n) is 9.46. The minimum absolute atomic E-state index is 0.119. The number of morpholine rings is 1. The second-order valence-corrected chi connectivity index (χ2v) is 9.52. The minimum atomic E-state index is -3.50. The van der Waals surface area contributed by atoms with Crippen molar-refractivity contribution in [2.24, 2.45) is 0 Å². The van der Waals surface area contributed by atoms with Crippen molar-refractivity contribution in [3.8, 4) is 0 Å². The number of hydrogen-bond donors (Lipinski definition) is 0. The number of piperidine rings is 1. The van der Waals surface area contributed by atoms with Gasteiger partial charge in [0.1, 0.15) is 6.61 Å². The molecule has 0 N–H and O–H groups in total. The van der Waals surface area contributed by atoms with E-state index in [0.29, 0.717) is 32.5 Å². The summed E-state index contributed by atoms with van der Waals surface area (Å²) in [5.41, 5.74) is 0.906. The van der Waals surface area contributed by atoms with Crippen LogP contribution in [0.3, 0.4) is 0 Å². The van der Waals surface area contributed by atoms with Crippen molar-refractivity contribution >= 4 is 16.1 Å². The lowest BCUT2D eigenvalue weighted by Gasteiger charge is -2.40. The molecule has 8 heteroatoms. The first kappa shape index (κ1) is 20.1. The van der Waals surface area contributed by atoms with Gasteiger partial charge in [-0.1, -0.05) is 30.3 Å². The number of amides is 1. The van der Waals surface area contributed by atoms with E-state index in [1.165, 1.54) is 4.90 Å². The second kappa shape index (κ2) is 8.58. The fourth-order valence-corrected chi connectivity index (χ4v) is 5.77. The summed E-state index contributed by atoms with van der Waals surface area (Å²) in [6.07, 6.45) is 0.635. The van der Waals surface area contributed by atoms with Crippen molar-refractivity contribution in [2.75, 3.05) is 26.2 Å². The van der Waals surface area contributed by atoms with Crippen molar-refractivity contribution in [1.29, 1.82) is 0 Å². The molecule has 7 nitrogen and oxygen atoms in total. The third-order valence-corrected chi connectivity index (χ3v) is 7.53. The lowest BCUT2D eigenvalue weighted by Crippen LogP contribution is -2.56. The molecule has 0 radical (unpaired) electrons. The first-order chi connectivity index (χ1) is 12.9. The van der Waals surface area contributed by atoms with Gasteiger partial charge in [-0.15, -0.1) is 0 Å². The Balaban J connectivity index is 1.61. The van der Waals surface area contributed by atoms with E-state index in [1.54, 1.807) is 4.31 Å². The summed E-state index contributed by atoms with van der Waals surface area (Å²) in [4.78, 5) is 13.9. The van der Waals surface area contributed by atoms with Gasteiger partial charge in [0.15, 0.2) is 0 Å². The van der Waals surface area contributed by atoms with Gasteiger partial charge in [0.2, 0.25) is 10.0 Å². The van der Waals surface area contributed by atoms with Crippen LogP contribution >= 0.6 is 0 Å². The summed E-state index contributed by atoms with van der Waals surface area (Å²) in [6, 6.07) is 9.26. The van der Waals surface area contributed by atoms with Crippen molar-refractivity contribution in [2.45, 2.75) is 50.7 Å². The Bertz CT molecular complexity index is 740. The Morgan fingerprint density at radius 1 is 1.22 bits per heavy atom. The summed E-state index contributed by atoms with van der Waals surface area (Å²) < 4.78 is 38.7. The van der Waals surface area contributed by atoms with Crippen LogP contribution in [0.25, 0.3) is 0 Å². The molecule has 27 heavy (non-hydrogen) atoms. The van der Waals surface area contributed by atoms with Gasteiger partial charge in [0.05, 0.1) is 18.0 Å². The molecule has 2 saturated heterocycles. The summed E-state index contributed by atoms with van der Waals surface area (Å²) in [7, 11) is -3.50. The average molecular weight is 397 g/mol. The molecule has 2 heterocycles. The third-order valence-electron chi connectivity index (χ3n) is 5.14. The molecule has 1 aromatic rings. The zero-order valence-electron chi connectivity index (χ0n) is 15.9. The van der Waals surface area contributed by atoms with Crippen molar-refractivity contribution < 1.29 is 22.7 Å². The van der Waals surface area contributed by atoms with Gasteiger partial charge >= 0.3 is 6.09 Å². The standard InChI is InChI=1S/C19H28N2O5S/c1-15-13-25-16(2)11-21(15)27(23,24)18-9-6-10-20(12-18)19(22)26-14-17-7-4-3-5-8-17/h3-5,7-8,15-16,18H,6,9-14H2,1-2H3. The van der Waals surface area contributed by atoms with E-state index < -0.39 is 21.4 Å². The number of ether oxygens (including phenoxy) is 2. The third kappa shape index (κ3) is 4.80. The number of carbonyl (C=O) groups is 1. The SMILES string of the molecule is CC1CN(S(=O)(=O)C2CCCN(C(=O)OCc3ccccc3)C2)C(C)CO1. The van der Waals surface area contributed by atoms with Gasteiger partial charge in [-0.25, -0.2) is 13.2 Å². The maximum atomic E-state index is 13.1. The highest BCUT2D eigenvalue weighted by atomic mass is 32.2. The Kier molecular flexibility index (Phi) is 6.39. The predicted molar refractivity (Wildman–Crippen MR) is 102 cm³/mol. The van der Waals surface area contributed by atoms with Crippen LogP contribution in [0, 0.1) is 0 Å². The summed E-state index contributed by atoms with van der Waals surface area (Å²) in [6.45, 7) is 5.38. The molecule has 3 rings (SSSR count). The van der Waals surface area contributed by atoms with E-state index in [-0.39, 0.29) is 25.3 Å². The first-order valence-corrected chi connectivity index (χ1v) is 11.0. The molecule has 0 bridgehead atoms. The van der Waals surface area contributed by atoms with Crippen LogP contribution in [-0.4, -0.2) is 67.4 Å². The summed E-state index contributed by atoms with van der Waals surface area (Å²) >= 11 is 0. The molecule has 1 aromatic carbocycles. The van der Waals surface area contributed by atoms with Crippen LogP contribution in [0.4, 0.5) is 4.79 Å². The van der Waals surface area contributed by atoms with Gasteiger partial charge in [0.25, 0.3) is 0 Å². The maximum Gasteiger partial charge on any atom is 0.410 e. The zero-order chi connectivity index (χ0) is 19.4. The number of carbonyl (C=O) groups excluding carboxylic acids is 1. The van der Waals surface area contributed by atoms with Crippen molar-refractivity contribution in [3.05, 3.63) is 35.9 Å². The molecule has 2 fully saturated rings. The average Bonchev–Trinajstić information content (AvgIpc) is 2.68. The second-order valence-electron chi connectivity index (χ2n) is 7.36. The van der Waals surface area contributed by atoms with Gasteiger partial charge in [-0.05, 0) is 32.3 Å². The van der Waals surface area contributed by atoms with E-state index in [2.05, 4.69) is 0 Å². The Morgan fingerprint density at radius 3 is 2.70 bits per heavy atom. The Hall–Kier alpha value is -1.64. The van der Waals surface area contributed by atoms with E-state index in [0.717, 1.165) is 5.56 Å². The fourth-order valence-electron chi connectivity index (χ4n) is 3.58. The highest BCUT2D eigenvalue weighted by Gasteiger charge is 2.41. The zero-order valence-corrected chi connectivity index (χ0v) is 16.7. The Labute approximate surface area is 161 Å². The largest absolute Gasteiger partial charge is 0.445 e. The van der Waals surface area contributed by atoms with Gasteiger partial charge in [-0.2, -0.15) is 4.31 Å². The quantitative estimate of drug-likeness (QED) is 0.780. The van der Waals surface area contributed by atoms with Crippen molar-refractivity contribution in [1.82, 2.24) is 9.21 Å². The molecule has 1 amide bonds. The number of rotatable bonds is 4. The van der Waals surface area contributed by atoms with E-state index >= 15 is 0 Å². The Morgan fingerprint density at radius 2 is 1.96 bits per heavy atom. The molecule has 3 unspecified atom stereocenters. The highest BCUT2D eigenvalue weighted by Crippen LogP contribution is 2.25. The van der Waals surface area contributed by atoms with Gasteiger partial charge in [-0.3, -0.25) is 0 Å². The maximum absolute atomic E-state index is 13.1. The molecule has 2 aliphatic heterocycles. The number of sulfonamides is 1. The van der Waals surface area contributed by atoms with Crippen LogP contribution < -0.4 is 0 Å². The predicted octanol–water partition coefficient (Wildman–Crippen LogP) is 2.23. The molecule has 0 spiro atoms. The van der Waals surface area contributed by atoms with Gasteiger partial charge in [0, 0.05) is 25.7 Å². The molecule has 150 valence electrons. The van der Waals surface area contributed by atoms with Crippen LogP contribution in [0.1, 0.15) is 32.3 Å². The molecular formula is C19H28N2O5S. The number of hydrogen-bond acceptors (Lipinski definition) is 5. The molecule has 0 aromatic heterocycles. The molecule has 2 aliphatic rings. The molecule has 0 saturated carbocycles. The number of benzene rings is 1. The monoisotopic (exact) mass is 396 g/mol. The lowest BCUT2D eigenvalue weighted by atomic mass is 10.1. The number of nitrogens with zero attached hydrogens (tertiary/aromatic N) is 2. The van der Waals surface area contributed by atoms with Crippen LogP contribution in [0.5, 0.6) is 0 Å². The van der Waals surface area contributed by atoms with Crippen LogP contribution in [0.2, 0.25) is 0 Å². The van der Waals surface area contributed by atoms with E-state index in [4.69, 9.17) is 9.47 Å². The summed E-state index contributed by atoms with van der Waals surface area (Å²) in [5.74, 6) is 0. The minimum Gasteiger partial charge on any atom is -0.445 e. The fraction of sp³-hybridized carbons (Fsp3) is 0.632.